The molecule has 0 bridgehead atoms. The van der Waals surface area contributed by atoms with Crippen LogP contribution in [0.1, 0.15) is 16.5 Å². The van der Waals surface area contributed by atoms with Crippen LogP contribution in [0.2, 0.25) is 5.02 Å². The highest BCUT2D eigenvalue weighted by Crippen LogP contribution is 2.34. The predicted octanol–water partition coefficient (Wildman–Crippen LogP) is 5.15. The summed E-state index contributed by atoms with van der Waals surface area (Å²) in [5.41, 5.74) is 0.859. The lowest BCUT2D eigenvalue weighted by Crippen LogP contribution is -2.02. The van der Waals surface area contributed by atoms with Crippen LogP contribution in [0.4, 0.5) is 8.78 Å². The van der Waals surface area contributed by atoms with Crippen molar-refractivity contribution in [3.05, 3.63) is 64.2 Å². The van der Waals surface area contributed by atoms with Crippen molar-refractivity contribution in [3.8, 4) is 5.75 Å². The molecule has 2 aromatic carbocycles. The van der Waals surface area contributed by atoms with Crippen molar-refractivity contribution in [2.45, 2.75) is 11.8 Å². The van der Waals surface area contributed by atoms with Gasteiger partial charge >= 0.3 is 0 Å². The van der Waals surface area contributed by atoms with E-state index in [4.69, 9.17) is 27.9 Å². The Balaban J connectivity index is 2.30. The summed E-state index contributed by atoms with van der Waals surface area (Å²) in [6.45, 7) is 0. The SMILES string of the molecule is COc1ccc(Cl)cc1C(Cl)Cc1cccc(F)c1F. The third-order valence-electron chi connectivity index (χ3n) is 2.96. The van der Waals surface area contributed by atoms with E-state index < -0.39 is 17.0 Å². The molecule has 0 aliphatic rings. The zero-order chi connectivity index (χ0) is 14.7. The minimum atomic E-state index is -0.885. The molecular weight excluding hydrogens is 305 g/mol. The molecule has 0 aliphatic carbocycles. The molecule has 0 amide bonds. The van der Waals surface area contributed by atoms with E-state index in [0.717, 1.165) is 6.07 Å². The molecule has 1 nitrogen and oxygen atoms in total. The molecule has 0 radical (unpaired) electrons. The van der Waals surface area contributed by atoms with Crippen molar-refractivity contribution in [2.75, 3.05) is 7.11 Å². The van der Waals surface area contributed by atoms with Crippen molar-refractivity contribution in [2.24, 2.45) is 0 Å². The van der Waals surface area contributed by atoms with Gasteiger partial charge < -0.3 is 4.74 Å². The maximum atomic E-state index is 13.6. The van der Waals surface area contributed by atoms with Crippen LogP contribution in [0.25, 0.3) is 0 Å². The number of benzene rings is 2. The maximum Gasteiger partial charge on any atom is 0.162 e. The Morgan fingerprint density at radius 1 is 1.20 bits per heavy atom. The van der Waals surface area contributed by atoms with E-state index in [-0.39, 0.29) is 12.0 Å². The van der Waals surface area contributed by atoms with Crippen LogP contribution in [0.3, 0.4) is 0 Å². The Morgan fingerprint density at radius 3 is 2.65 bits per heavy atom. The van der Waals surface area contributed by atoms with E-state index >= 15 is 0 Å². The van der Waals surface area contributed by atoms with Crippen molar-refractivity contribution >= 4 is 23.2 Å². The van der Waals surface area contributed by atoms with Gasteiger partial charge in [-0.05, 0) is 36.2 Å². The van der Waals surface area contributed by atoms with Crippen molar-refractivity contribution in [3.63, 3.8) is 0 Å². The molecule has 106 valence electrons. The van der Waals surface area contributed by atoms with Gasteiger partial charge in [0.05, 0.1) is 12.5 Å². The third kappa shape index (κ3) is 3.22. The number of methoxy groups -OCH3 is 1. The van der Waals surface area contributed by atoms with Gasteiger partial charge in [0.15, 0.2) is 11.6 Å². The van der Waals surface area contributed by atoms with Crippen molar-refractivity contribution in [1.82, 2.24) is 0 Å². The zero-order valence-corrected chi connectivity index (χ0v) is 12.2. The van der Waals surface area contributed by atoms with Gasteiger partial charge in [-0.1, -0.05) is 23.7 Å². The minimum absolute atomic E-state index is 0.141. The highest BCUT2D eigenvalue weighted by atomic mass is 35.5. The fourth-order valence-electron chi connectivity index (χ4n) is 1.96. The first kappa shape index (κ1) is 15.1. The standard InChI is InChI=1S/C15H12Cl2F2O/c1-20-14-6-5-10(16)8-11(14)12(17)7-9-3-2-4-13(18)15(9)19/h2-6,8,12H,7H2,1H3. The zero-order valence-electron chi connectivity index (χ0n) is 10.7. The first-order chi connectivity index (χ1) is 9.52. The average Bonchev–Trinajstić information content (AvgIpc) is 2.43. The van der Waals surface area contributed by atoms with Gasteiger partial charge in [0, 0.05) is 10.6 Å². The summed E-state index contributed by atoms with van der Waals surface area (Å²) in [6.07, 6.45) is 0.141. The van der Waals surface area contributed by atoms with E-state index in [1.807, 2.05) is 0 Å². The first-order valence-electron chi connectivity index (χ1n) is 5.93. The lowest BCUT2D eigenvalue weighted by molar-refractivity contribution is 0.409. The maximum absolute atomic E-state index is 13.6. The molecule has 0 N–H and O–H groups in total. The fourth-order valence-corrected chi connectivity index (χ4v) is 2.48. The van der Waals surface area contributed by atoms with Crippen LogP contribution in [-0.2, 0) is 6.42 Å². The average molecular weight is 317 g/mol. The van der Waals surface area contributed by atoms with Crippen molar-refractivity contribution < 1.29 is 13.5 Å². The Bertz CT molecular complexity index is 617. The van der Waals surface area contributed by atoms with Gasteiger partial charge in [-0.2, -0.15) is 0 Å². The summed E-state index contributed by atoms with van der Waals surface area (Å²) in [5, 5.41) is -0.0638. The van der Waals surface area contributed by atoms with Gasteiger partial charge in [0.2, 0.25) is 0 Å². The van der Waals surface area contributed by atoms with Gasteiger partial charge in [-0.25, -0.2) is 8.78 Å². The molecule has 0 saturated carbocycles. The Morgan fingerprint density at radius 2 is 1.95 bits per heavy atom. The molecule has 5 heteroatoms. The van der Waals surface area contributed by atoms with Crippen LogP contribution < -0.4 is 4.74 Å². The quantitative estimate of drug-likeness (QED) is 0.709. The van der Waals surface area contributed by atoms with Crippen LogP contribution >= 0.6 is 23.2 Å². The molecule has 0 fully saturated rings. The van der Waals surface area contributed by atoms with E-state index in [1.54, 1.807) is 18.2 Å². The second-order valence-electron chi connectivity index (χ2n) is 4.27. The molecule has 0 heterocycles. The summed E-state index contributed by atoms with van der Waals surface area (Å²) >= 11 is 12.2. The lowest BCUT2D eigenvalue weighted by Gasteiger charge is -2.15. The van der Waals surface area contributed by atoms with Gasteiger partial charge in [0.25, 0.3) is 0 Å². The minimum Gasteiger partial charge on any atom is -0.496 e. The number of hydrogen-bond acceptors (Lipinski definition) is 1. The second kappa shape index (κ2) is 6.42. The monoisotopic (exact) mass is 316 g/mol. The molecule has 1 atom stereocenters. The summed E-state index contributed by atoms with van der Waals surface area (Å²) in [6, 6.07) is 9.06. The number of ether oxygens (including phenoxy) is 1. The Labute approximate surface area is 126 Å². The number of hydrogen-bond donors (Lipinski definition) is 0. The van der Waals surface area contributed by atoms with Gasteiger partial charge in [0.1, 0.15) is 5.75 Å². The normalized spacial score (nSPS) is 12.2. The molecule has 20 heavy (non-hydrogen) atoms. The van der Waals surface area contributed by atoms with Crippen LogP contribution in [0.5, 0.6) is 5.75 Å². The topological polar surface area (TPSA) is 9.23 Å². The predicted molar refractivity (Wildman–Crippen MR) is 76.7 cm³/mol. The highest BCUT2D eigenvalue weighted by Gasteiger charge is 2.18. The fraction of sp³-hybridized carbons (Fsp3) is 0.200. The summed E-state index contributed by atoms with van der Waals surface area (Å²) in [5.74, 6) is -1.20. The highest BCUT2D eigenvalue weighted by molar-refractivity contribution is 6.31. The molecule has 2 rings (SSSR count). The van der Waals surface area contributed by atoms with Crippen LogP contribution in [0.15, 0.2) is 36.4 Å². The van der Waals surface area contributed by atoms with E-state index in [0.29, 0.717) is 16.3 Å². The summed E-state index contributed by atoms with van der Waals surface area (Å²) in [4.78, 5) is 0. The van der Waals surface area contributed by atoms with E-state index in [1.165, 1.54) is 19.2 Å². The van der Waals surface area contributed by atoms with Gasteiger partial charge in [-0.15, -0.1) is 11.6 Å². The summed E-state index contributed by atoms with van der Waals surface area (Å²) in [7, 11) is 1.51. The van der Waals surface area contributed by atoms with E-state index in [2.05, 4.69) is 0 Å². The lowest BCUT2D eigenvalue weighted by atomic mass is 10.0. The molecule has 0 saturated heterocycles. The molecule has 0 spiro atoms. The summed E-state index contributed by atoms with van der Waals surface area (Å²) < 4.78 is 32.0. The van der Waals surface area contributed by atoms with Crippen molar-refractivity contribution in [1.29, 1.82) is 0 Å². The smallest absolute Gasteiger partial charge is 0.162 e. The number of rotatable bonds is 4. The van der Waals surface area contributed by atoms with Crippen LogP contribution in [-0.4, -0.2) is 7.11 Å². The van der Waals surface area contributed by atoms with Crippen LogP contribution in [0, 0.1) is 11.6 Å². The Kier molecular flexibility index (Phi) is 4.84. The molecule has 1 unspecified atom stereocenters. The molecular formula is C15H12Cl2F2O. The molecule has 0 aliphatic heterocycles. The van der Waals surface area contributed by atoms with E-state index in [9.17, 15) is 8.78 Å². The number of alkyl halides is 1. The number of halogens is 4. The largest absolute Gasteiger partial charge is 0.496 e. The third-order valence-corrected chi connectivity index (χ3v) is 3.58. The second-order valence-corrected chi connectivity index (χ2v) is 5.23. The molecule has 0 aromatic heterocycles. The first-order valence-corrected chi connectivity index (χ1v) is 6.74. The molecule has 2 aromatic rings. The van der Waals surface area contributed by atoms with Gasteiger partial charge in [-0.3, -0.25) is 0 Å². The Hall–Kier alpha value is -1.32.